The number of amides is 2. The summed E-state index contributed by atoms with van der Waals surface area (Å²) in [4.78, 5) is 33.1. The summed E-state index contributed by atoms with van der Waals surface area (Å²) in [5, 5.41) is 7.33. The van der Waals surface area contributed by atoms with Gasteiger partial charge in [-0.1, -0.05) is 6.07 Å². The number of hydrogen-bond donors (Lipinski definition) is 1. The SMILES string of the molecule is O=CN1CCN(C(=O)c2nc3c(s2)CCOc2cc(-c4cn[nH]c4)ccc2-3)CC1. The molecule has 1 fully saturated rings. The van der Waals surface area contributed by atoms with Crippen LogP contribution in [0.3, 0.4) is 0 Å². The number of carbonyl (C=O) groups excluding carboxylic acids is 2. The highest BCUT2D eigenvalue weighted by Crippen LogP contribution is 2.39. The summed E-state index contributed by atoms with van der Waals surface area (Å²) in [5.74, 6) is 0.706. The third kappa shape index (κ3) is 3.27. The molecule has 2 aliphatic rings. The maximum Gasteiger partial charge on any atom is 0.282 e. The monoisotopic (exact) mass is 409 g/mol. The molecule has 1 aromatic carbocycles. The molecule has 0 bridgehead atoms. The Kier molecular flexibility index (Phi) is 4.51. The summed E-state index contributed by atoms with van der Waals surface area (Å²) in [6.45, 7) is 2.75. The minimum atomic E-state index is -0.0638. The minimum Gasteiger partial charge on any atom is -0.492 e. The van der Waals surface area contributed by atoms with E-state index in [-0.39, 0.29) is 5.91 Å². The molecule has 5 rings (SSSR count). The van der Waals surface area contributed by atoms with Gasteiger partial charge in [-0.25, -0.2) is 4.98 Å². The first kappa shape index (κ1) is 17.9. The van der Waals surface area contributed by atoms with Crippen LogP contribution >= 0.6 is 11.3 Å². The number of thiazole rings is 1. The molecule has 29 heavy (non-hydrogen) atoms. The molecule has 4 heterocycles. The van der Waals surface area contributed by atoms with Crippen molar-refractivity contribution in [2.24, 2.45) is 0 Å². The smallest absolute Gasteiger partial charge is 0.282 e. The van der Waals surface area contributed by atoms with Crippen molar-refractivity contribution in [1.82, 2.24) is 25.0 Å². The zero-order chi connectivity index (χ0) is 19.8. The van der Waals surface area contributed by atoms with Crippen molar-refractivity contribution in [3.8, 4) is 28.1 Å². The predicted molar refractivity (Wildman–Crippen MR) is 108 cm³/mol. The average molecular weight is 409 g/mol. The topological polar surface area (TPSA) is 91.4 Å². The second kappa shape index (κ2) is 7.32. The molecule has 2 amide bonds. The Morgan fingerprint density at radius 3 is 2.83 bits per heavy atom. The van der Waals surface area contributed by atoms with Gasteiger partial charge in [-0.3, -0.25) is 14.7 Å². The van der Waals surface area contributed by atoms with Crippen LogP contribution in [-0.2, 0) is 11.2 Å². The molecular weight excluding hydrogens is 390 g/mol. The van der Waals surface area contributed by atoms with Crippen LogP contribution in [0.2, 0.25) is 0 Å². The number of aromatic amines is 1. The first-order valence-corrected chi connectivity index (χ1v) is 10.3. The molecule has 148 valence electrons. The largest absolute Gasteiger partial charge is 0.492 e. The van der Waals surface area contributed by atoms with E-state index in [2.05, 4.69) is 10.2 Å². The van der Waals surface area contributed by atoms with Gasteiger partial charge in [-0.15, -0.1) is 11.3 Å². The number of carbonyl (C=O) groups is 2. The Labute approximate surface area is 171 Å². The highest BCUT2D eigenvalue weighted by molar-refractivity contribution is 7.14. The summed E-state index contributed by atoms with van der Waals surface area (Å²) in [6.07, 6.45) is 5.17. The number of nitrogens with one attached hydrogen (secondary N) is 1. The van der Waals surface area contributed by atoms with Crippen LogP contribution in [0.25, 0.3) is 22.4 Å². The maximum atomic E-state index is 12.9. The Morgan fingerprint density at radius 1 is 1.21 bits per heavy atom. The summed E-state index contributed by atoms with van der Waals surface area (Å²) in [5.41, 5.74) is 3.74. The van der Waals surface area contributed by atoms with Crippen molar-refractivity contribution in [1.29, 1.82) is 0 Å². The van der Waals surface area contributed by atoms with Gasteiger partial charge in [0.25, 0.3) is 5.91 Å². The molecule has 0 atom stereocenters. The van der Waals surface area contributed by atoms with Gasteiger partial charge in [0.2, 0.25) is 6.41 Å². The van der Waals surface area contributed by atoms with E-state index in [1.807, 2.05) is 24.4 Å². The third-order valence-corrected chi connectivity index (χ3v) is 6.39. The molecule has 2 aliphatic heterocycles. The van der Waals surface area contributed by atoms with Crippen molar-refractivity contribution >= 4 is 23.7 Å². The fraction of sp³-hybridized carbons (Fsp3) is 0.300. The van der Waals surface area contributed by atoms with E-state index in [4.69, 9.17) is 9.72 Å². The van der Waals surface area contributed by atoms with Crippen molar-refractivity contribution in [3.05, 3.63) is 40.5 Å². The average Bonchev–Trinajstić information content (AvgIpc) is 3.41. The third-order valence-electron chi connectivity index (χ3n) is 5.29. The Morgan fingerprint density at radius 2 is 2.07 bits per heavy atom. The summed E-state index contributed by atoms with van der Waals surface area (Å²) >= 11 is 1.44. The van der Waals surface area contributed by atoms with Gasteiger partial charge < -0.3 is 14.5 Å². The second-order valence-corrected chi connectivity index (χ2v) is 8.10. The highest BCUT2D eigenvalue weighted by Gasteiger charge is 2.27. The van der Waals surface area contributed by atoms with Gasteiger partial charge >= 0.3 is 0 Å². The van der Waals surface area contributed by atoms with Gasteiger partial charge in [0.05, 0.1) is 18.5 Å². The molecule has 0 spiro atoms. The molecule has 3 aromatic rings. The van der Waals surface area contributed by atoms with Crippen LogP contribution in [-0.4, -0.2) is 70.1 Å². The van der Waals surface area contributed by atoms with Crippen molar-refractivity contribution in [2.75, 3.05) is 32.8 Å². The van der Waals surface area contributed by atoms with E-state index in [0.717, 1.165) is 45.8 Å². The van der Waals surface area contributed by atoms with Gasteiger partial charge in [-0.2, -0.15) is 5.10 Å². The van der Waals surface area contributed by atoms with Gasteiger partial charge in [0.15, 0.2) is 5.01 Å². The second-order valence-electron chi connectivity index (χ2n) is 7.02. The molecule has 0 radical (unpaired) electrons. The number of aromatic nitrogens is 3. The molecule has 9 heteroatoms. The first-order valence-electron chi connectivity index (χ1n) is 9.47. The number of hydrogen-bond acceptors (Lipinski definition) is 6. The van der Waals surface area contributed by atoms with Crippen LogP contribution in [0.5, 0.6) is 5.75 Å². The molecule has 0 saturated carbocycles. The van der Waals surface area contributed by atoms with Crippen LogP contribution < -0.4 is 4.74 Å². The number of ether oxygens (including phenoxy) is 1. The predicted octanol–water partition coefficient (Wildman–Crippen LogP) is 2.05. The molecule has 1 saturated heterocycles. The number of nitrogens with zero attached hydrogens (tertiary/aromatic N) is 4. The summed E-state index contributed by atoms with van der Waals surface area (Å²) in [7, 11) is 0. The van der Waals surface area contributed by atoms with Crippen LogP contribution in [0.1, 0.15) is 14.7 Å². The Balaban J connectivity index is 1.44. The quantitative estimate of drug-likeness (QED) is 0.669. The normalized spacial score (nSPS) is 15.9. The number of rotatable bonds is 3. The van der Waals surface area contributed by atoms with Gasteiger partial charge in [0, 0.05) is 54.8 Å². The Bertz CT molecular complexity index is 1050. The maximum absolute atomic E-state index is 12.9. The lowest BCUT2D eigenvalue weighted by Gasteiger charge is -2.31. The Hall–Kier alpha value is -3.20. The highest BCUT2D eigenvalue weighted by atomic mass is 32.1. The fourth-order valence-electron chi connectivity index (χ4n) is 3.67. The molecular formula is C20H19N5O3S. The number of fused-ring (bicyclic) bond motifs is 3. The van der Waals surface area contributed by atoms with E-state index >= 15 is 0 Å². The fourth-order valence-corrected chi connectivity index (χ4v) is 4.69. The zero-order valence-corrected chi connectivity index (χ0v) is 16.4. The lowest BCUT2D eigenvalue weighted by atomic mass is 10.0. The van der Waals surface area contributed by atoms with Gasteiger partial charge in [0.1, 0.15) is 5.75 Å². The first-order chi connectivity index (χ1) is 14.2. The van der Waals surface area contributed by atoms with E-state index < -0.39 is 0 Å². The van der Waals surface area contributed by atoms with E-state index in [0.29, 0.717) is 37.8 Å². The minimum absolute atomic E-state index is 0.0638. The molecule has 2 aromatic heterocycles. The summed E-state index contributed by atoms with van der Waals surface area (Å²) < 4.78 is 5.97. The molecule has 1 N–H and O–H groups in total. The van der Waals surface area contributed by atoms with Crippen molar-refractivity contribution in [3.63, 3.8) is 0 Å². The van der Waals surface area contributed by atoms with Crippen LogP contribution in [0.4, 0.5) is 0 Å². The molecule has 0 unspecified atom stereocenters. The van der Waals surface area contributed by atoms with E-state index in [1.165, 1.54) is 11.3 Å². The van der Waals surface area contributed by atoms with Crippen molar-refractivity contribution in [2.45, 2.75) is 6.42 Å². The van der Waals surface area contributed by atoms with Crippen LogP contribution in [0, 0.1) is 0 Å². The van der Waals surface area contributed by atoms with Crippen molar-refractivity contribution < 1.29 is 14.3 Å². The van der Waals surface area contributed by atoms with Crippen LogP contribution in [0.15, 0.2) is 30.6 Å². The lowest BCUT2D eigenvalue weighted by molar-refractivity contribution is -0.119. The number of benzene rings is 1. The standard InChI is InChI=1S/C20H19N5O3S/c26-12-24-4-6-25(7-5-24)20(27)19-23-18-15-2-1-13(14-10-21-22-11-14)9-16(15)28-8-3-17(18)29-19/h1-2,9-12H,3-8H2,(H,21,22). The molecule has 8 nitrogen and oxygen atoms in total. The van der Waals surface area contributed by atoms with E-state index in [1.54, 1.807) is 16.0 Å². The molecule has 0 aliphatic carbocycles. The van der Waals surface area contributed by atoms with E-state index in [9.17, 15) is 9.59 Å². The number of piperazine rings is 1. The number of H-pyrrole nitrogens is 1. The lowest BCUT2D eigenvalue weighted by Crippen LogP contribution is -2.48. The summed E-state index contributed by atoms with van der Waals surface area (Å²) in [6, 6.07) is 6.01. The van der Waals surface area contributed by atoms with Gasteiger partial charge in [-0.05, 0) is 17.7 Å². The zero-order valence-electron chi connectivity index (χ0n) is 15.6.